The third-order valence-corrected chi connectivity index (χ3v) is 4.50. The van der Waals surface area contributed by atoms with Crippen molar-refractivity contribution in [2.75, 3.05) is 12.0 Å². The van der Waals surface area contributed by atoms with Crippen molar-refractivity contribution in [1.82, 2.24) is 4.98 Å². The molecule has 2 aromatic heterocycles. The smallest absolute Gasteiger partial charge is 0.354 e. The van der Waals surface area contributed by atoms with Gasteiger partial charge in [0.05, 0.1) is 12.8 Å². The van der Waals surface area contributed by atoms with E-state index in [-0.39, 0.29) is 5.97 Å². The number of nitrogens with zero attached hydrogens (tertiary/aromatic N) is 1. The summed E-state index contributed by atoms with van der Waals surface area (Å²) >= 11 is 1.67. The van der Waals surface area contributed by atoms with Crippen LogP contribution in [0.5, 0.6) is 0 Å². The molecule has 0 aliphatic heterocycles. The fourth-order valence-corrected chi connectivity index (χ4v) is 3.29. The van der Waals surface area contributed by atoms with Crippen molar-refractivity contribution in [3.63, 3.8) is 0 Å². The average Bonchev–Trinajstić information content (AvgIpc) is 3.26. The maximum atomic E-state index is 11.7. The molecule has 0 saturated carbocycles. The molecule has 0 aliphatic rings. The third kappa shape index (κ3) is 2.98. The third-order valence-electron chi connectivity index (χ3n) is 3.81. The van der Waals surface area contributed by atoms with Crippen molar-refractivity contribution in [1.29, 1.82) is 0 Å². The van der Waals surface area contributed by atoms with Crippen LogP contribution in [0.15, 0.2) is 59.9 Å². The van der Waals surface area contributed by atoms with Crippen LogP contribution >= 0.6 is 11.3 Å². The van der Waals surface area contributed by atoms with E-state index in [0.29, 0.717) is 5.69 Å². The van der Waals surface area contributed by atoms with Gasteiger partial charge in [0, 0.05) is 17.6 Å². The van der Waals surface area contributed by atoms with Crippen molar-refractivity contribution in [2.24, 2.45) is 0 Å². The number of benzene rings is 1. The van der Waals surface area contributed by atoms with Crippen LogP contribution in [0.3, 0.4) is 0 Å². The molecule has 0 fully saturated rings. The number of carbonyl (C=O) groups excluding carboxylic acids is 1. The zero-order valence-corrected chi connectivity index (χ0v) is 14.4. The fraction of sp³-hybridized carbons (Fsp3) is 0.105. The molecule has 0 atom stereocenters. The molecule has 1 aromatic carbocycles. The van der Waals surface area contributed by atoms with E-state index in [2.05, 4.69) is 40.5 Å². The number of aromatic nitrogens is 1. The predicted molar refractivity (Wildman–Crippen MR) is 99.0 cm³/mol. The van der Waals surface area contributed by atoms with Gasteiger partial charge in [0.1, 0.15) is 5.69 Å². The first-order chi connectivity index (χ1) is 11.6. The highest BCUT2D eigenvalue weighted by molar-refractivity contribution is 7.08. The van der Waals surface area contributed by atoms with Crippen LogP contribution < -0.4 is 4.90 Å². The highest BCUT2D eigenvalue weighted by atomic mass is 32.1. The van der Waals surface area contributed by atoms with Gasteiger partial charge in [-0.05, 0) is 53.1 Å². The number of nitrogens with one attached hydrogen (secondary N) is 1. The van der Waals surface area contributed by atoms with E-state index in [0.717, 1.165) is 22.6 Å². The standard InChI is InChI=1S/C19H18N2O2S/c1-4-21(18-11-17(19(22)23-3)20-13(18)2)16-7-5-6-14(10-16)15-8-9-24-12-15/h4-12,20H,1H2,2-3H3. The minimum absolute atomic E-state index is 0.389. The summed E-state index contributed by atoms with van der Waals surface area (Å²) in [7, 11) is 1.37. The molecule has 24 heavy (non-hydrogen) atoms. The van der Waals surface area contributed by atoms with E-state index < -0.39 is 0 Å². The number of H-pyrrole nitrogens is 1. The molecule has 0 aliphatic carbocycles. The number of aryl methyl sites for hydroxylation is 1. The second-order valence-electron chi connectivity index (χ2n) is 5.30. The first kappa shape index (κ1) is 16.1. The number of thiophene rings is 1. The Labute approximate surface area is 145 Å². The predicted octanol–water partition coefficient (Wildman–Crippen LogP) is 5.12. The number of hydrogen-bond acceptors (Lipinski definition) is 4. The quantitative estimate of drug-likeness (QED) is 0.657. The van der Waals surface area contributed by atoms with E-state index in [1.807, 2.05) is 24.0 Å². The lowest BCUT2D eigenvalue weighted by molar-refractivity contribution is 0.0594. The zero-order chi connectivity index (χ0) is 17.1. The summed E-state index contributed by atoms with van der Waals surface area (Å²) in [5.41, 5.74) is 5.47. The van der Waals surface area contributed by atoms with Gasteiger partial charge in [0.15, 0.2) is 0 Å². The number of methoxy groups -OCH3 is 1. The molecular weight excluding hydrogens is 320 g/mol. The second kappa shape index (κ2) is 6.76. The van der Waals surface area contributed by atoms with Gasteiger partial charge in [-0.2, -0.15) is 11.3 Å². The maximum Gasteiger partial charge on any atom is 0.354 e. The molecule has 0 bridgehead atoms. The minimum Gasteiger partial charge on any atom is -0.464 e. The number of carbonyl (C=O) groups is 1. The van der Waals surface area contributed by atoms with E-state index >= 15 is 0 Å². The molecule has 4 nitrogen and oxygen atoms in total. The molecule has 3 aromatic rings. The average molecular weight is 338 g/mol. The summed E-state index contributed by atoms with van der Waals surface area (Å²) in [5, 5.41) is 4.18. The first-order valence-corrected chi connectivity index (χ1v) is 8.40. The van der Waals surface area contributed by atoms with E-state index in [1.165, 1.54) is 12.7 Å². The highest BCUT2D eigenvalue weighted by Gasteiger charge is 2.16. The molecule has 0 radical (unpaired) electrons. The Hall–Kier alpha value is -2.79. The normalized spacial score (nSPS) is 10.4. The van der Waals surface area contributed by atoms with Crippen LogP contribution in [-0.2, 0) is 4.74 Å². The zero-order valence-electron chi connectivity index (χ0n) is 13.6. The van der Waals surface area contributed by atoms with Gasteiger partial charge < -0.3 is 14.6 Å². The van der Waals surface area contributed by atoms with Gasteiger partial charge in [-0.1, -0.05) is 18.7 Å². The van der Waals surface area contributed by atoms with Gasteiger partial charge in [0.25, 0.3) is 0 Å². The second-order valence-corrected chi connectivity index (χ2v) is 6.08. The summed E-state index contributed by atoms with van der Waals surface area (Å²) < 4.78 is 4.78. The van der Waals surface area contributed by atoms with Gasteiger partial charge in [-0.15, -0.1) is 0 Å². The summed E-state index contributed by atoms with van der Waals surface area (Å²) in [6.45, 7) is 5.84. The first-order valence-electron chi connectivity index (χ1n) is 7.46. The van der Waals surface area contributed by atoms with E-state index in [4.69, 9.17) is 4.74 Å². The van der Waals surface area contributed by atoms with Crippen molar-refractivity contribution < 1.29 is 9.53 Å². The number of esters is 1. The molecule has 0 amide bonds. The van der Waals surface area contributed by atoms with Crippen LogP contribution in [0.1, 0.15) is 16.2 Å². The van der Waals surface area contributed by atoms with Crippen LogP contribution in [0.2, 0.25) is 0 Å². The van der Waals surface area contributed by atoms with Crippen molar-refractivity contribution >= 4 is 28.7 Å². The molecule has 3 rings (SSSR count). The molecule has 0 unspecified atom stereocenters. The van der Waals surface area contributed by atoms with E-state index in [9.17, 15) is 4.79 Å². The van der Waals surface area contributed by atoms with Crippen molar-refractivity contribution in [2.45, 2.75) is 6.92 Å². The SMILES string of the molecule is C=CN(c1cccc(-c2ccsc2)c1)c1cc(C(=O)OC)[nH]c1C. The molecular formula is C19H18N2O2S. The number of aromatic amines is 1. The van der Waals surface area contributed by atoms with Gasteiger partial charge in [-0.25, -0.2) is 4.79 Å². The van der Waals surface area contributed by atoms with Crippen LogP contribution in [0, 0.1) is 6.92 Å². The number of anilines is 2. The van der Waals surface area contributed by atoms with Crippen LogP contribution in [0.25, 0.3) is 11.1 Å². The Morgan fingerprint density at radius 3 is 2.79 bits per heavy atom. The fourth-order valence-electron chi connectivity index (χ4n) is 2.62. The molecule has 1 N–H and O–H groups in total. The molecule has 122 valence electrons. The number of hydrogen-bond donors (Lipinski definition) is 1. The van der Waals surface area contributed by atoms with Crippen molar-refractivity contribution in [3.8, 4) is 11.1 Å². The molecule has 5 heteroatoms. The van der Waals surface area contributed by atoms with Gasteiger partial charge >= 0.3 is 5.97 Å². The molecule has 0 saturated heterocycles. The summed E-state index contributed by atoms with van der Waals surface area (Å²) in [4.78, 5) is 16.8. The van der Waals surface area contributed by atoms with Crippen molar-refractivity contribution in [3.05, 3.63) is 71.3 Å². The number of rotatable bonds is 5. The van der Waals surface area contributed by atoms with Crippen LogP contribution in [0.4, 0.5) is 11.4 Å². The summed E-state index contributed by atoms with van der Waals surface area (Å²) in [5.74, 6) is -0.389. The van der Waals surface area contributed by atoms with Gasteiger partial charge in [-0.3, -0.25) is 0 Å². The lowest BCUT2D eigenvalue weighted by Crippen LogP contribution is -2.08. The Kier molecular flexibility index (Phi) is 4.53. The van der Waals surface area contributed by atoms with Crippen LogP contribution in [-0.4, -0.2) is 18.1 Å². The van der Waals surface area contributed by atoms with E-state index in [1.54, 1.807) is 23.6 Å². The topological polar surface area (TPSA) is 45.3 Å². The summed E-state index contributed by atoms with van der Waals surface area (Å²) in [6, 6.07) is 12.1. The van der Waals surface area contributed by atoms with Gasteiger partial charge in [0.2, 0.25) is 0 Å². The summed E-state index contributed by atoms with van der Waals surface area (Å²) in [6.07, 6.45) is 1.74. The Bertz CT molecular complexity index is 865. The Balaban J connectivity index is 2.01. The molecule has 2 heterocycles. The lowest BCUT2D eigenvalue weighted by Gasteiger charge is -2.20. The minimum atomic E-state index is -0.389. The maximum absolute atomic E-state index is 11.7. The monoisotopic (exact) mass is 338 g/mol. The Morgan fingerprint density at radius 1 is 1.29 bits per heavy atom. The number of ether oxygens (including phenoxy) is 1. The Morgan fingerprint density at radius 2 is 2.12 bits per heavy atom. The lowest BCUT2D eigenvalue weighted by atomic mass is 10.1. The molecule has 0 spiro atoms. The largest absolute Gasteiger partial charge is 0.464 e. The highest BCUT2D eigenvalue weighted by Crippen LogP contribution is 2.33.